The number of hydrogen-bond acceptors (Lipinski definition) is 4. The Morgan fingerprint density at radius 2 is 1.86 bits per heavy atom. The highest BCUT2D eigenvalue weighted by molar-refractivity contribution is 7.92. The van der Waals surface area contributed by atoms with Crippen LogP contribution in [-0.2, 0) is 16.4 Å². The second kappa shape index (κ2) is 6.34. The number of hydrogen-bond donors (Lipinski definition) is 1. The number of nitrogens with one attached hydrogen (secondary N) is 1. The van der Waals surface area contributed by atoms with E-state index in [1.165, 1.54) is 0 Å². The molecule has 1 saturated heterocycles. The van der Waals surface area contributed by atoms with Gasteiger partial charge in [0.05, 0.1) is 11.4 Å². The van der Waals surface area contributed by atoms with Gasteiger partial charge in [0.1, 0.15) is 0 Å². The van der Waals surface area contributed by atoms with Crippen LogP contribution in [0, 0.1) is 0 Å². The maximum Gasteiger partial charge on any atom is 0.236 e. The summed E-state index contributed by atoms with van der Waals surface area (Å²) in [7, 11) is -3.22. The molecule has 0 atom stereocenters. The van der Waals surface area contributed by atoms with Crippen molar-refractivity contribution in [2.45, 2.75) is 12.8 Å². The molecule has 1 fully saturated rings. The third kappa shape index (κ3) is 3.39. The minimum Gasteiger partial charge on any atom is -0.314 e. The first kappa shape index (κ1) is 14.8. The highest BCUT2D eigenvalue weighted by Gasteiger charge is 2.27. The van der Waals surface area contributed by atoms with Crippen LogP contribution in [-0.4, -0.2) is 58.3 Å². The van der Waals surface area contributed by atoms with Crippen molar-refractivity contribution in [3.05, 3.63) is 29.8 Å². The van der Waals surface area contributed by atoms with Gasteiger partial charge in [0, 0.05) is 39.3 Å². The van der Waals surface area contributed by atoms with Crippen LogP contribution >= 0.6 is 0 Å². The zero-order valence-corrected chi connectivity index (χ0v) is 13.1. The van der Waals surface area contributed by atoms with E-state index < -0.39 is 10.0 Å². The lowest BCUT2D eigenvalue weighted by Crippen LogP contribution is -2.46. The number of anilines is 1. The summed E-state index contributed by atoms with van der Waals surface area (Å²) in [6.45, 7) is 5.01. The molecule has 116 valence electrons. The smallest absolute Gasteiger partial charge is 0.236 e. The van der Waals surface area contributed by atoms with Gasteiger partial charge >= 0.3 is 0 Å². The Bertz CT molecular complexity index is 582. The number of aryl methyl sites for hydroxylation is 1. The number of para-hydroxylation sites is 1. The number of benzene rings is 1. The maximum atomic E-state index is 12.7. The molecule has 1 N–H and O–H groups in total. The Labute approximate surface area is 127 Å². The van der Waals surface area contributed by atoms with Gasteiger partial charge in [-0.1, -0.05) is 18.2 Å². The van der Waals surface area contributed by atoms with Crippen molar-refractivity contribution in [3.8, 4) is 0 Å². The summed E-state index contributed by atoms with van der Waals surface area (Å²) in [6.07, 6.45) is 1.88. The van der Waals surface area contributed by atoms with Gasteiger partial charge in [-0.25, -0.2) is 8.42 Å². The van der Waals surface area contributed by atoms with Crippen LogP contribution in [0.25, 0.3) is 0 Å². The van der Waals surface area contributed by atoms with Crippen LogP contribution in [0.5, 0.6) is 0 Å². The molecule has 0 aliphatic carbocycles. The zero-order chi connectivity index (χ0) is 14.7. The highest BCUT2D eigenvalue weighted by Crippen LogP contribution is 2.29. The molecule has 2 aliphatic rings. The molecule has 0 bridgehead atoms. The van der Waals surface area contributed by atoms with Crippen LogP contribution in [0.15, 0.2) is 24.3 Å². The van der Waals surface area contributed by atoms with Gasteiger partial charge < -0.3 is 5.32 Å². The van der Waals surface area contributed by atoms with Gasteiger partial charge in [-0.2, -0.15) is 0 Å². The molecule has 0 aromatic heterocycles. The normalized spacial score (nSPS) is 20.3. The Hall–Kier alpha value is -1.11. The van der Waals surface area contributed by atoms with Crippen LogP contribution in [0.1, 0.15) is 12.0 Å². The van der Waals surface area contributed by atoms with Crippen molar-refractivity contribution >= 4 is 15.7 Å². The molecule has 0 radical (unpaired) electrons. The molecule has 1 aromatic carbocycles. The lowest BCUT2D eigenvalue weighted by Gasteiger charge is -2.32. The van der Waals surface area contributed by atoms with E-state index in [-0.39, 0.29) is 5.75 Å². The van der Waals surface area contributed by atoms with Crippen molar-refractivity contribution < 1.29 is 8.42 Å². The third-order valence-corrected chi connectivity index (χ3v) is 6.03. The Kier molecular flexibility index (Phi) is 4.47. The quantitative estimate of drug-likeness (QED) is 0.888. The Morgan fingerprint density at radius 3 is 2.67 bits per heavy atom. The molecular weight excluding hydrogens is 286 g/mol. The first-order valence-corrected chi connectivity index (χ1v) is 9.29. The summed E-state index contributed by atoms with van der Waals surface area (Å²) in [5.41, 5.74) is 2.03. The molecular formula is C15H23N3O2S. The first-order valence-electron chi connectivity index (χ1n) is 7.68. The summed E-state index contributed by atoms with van der Waals surface area (Å²) in [4.78, 5) is 2.23. The largest absolute Gasteiger partial charge is 0.314 e. The SMILES string of the molecule is O=S(=O)(CCN1CCNCC1)N1CCCc2ccccc21. The number of sulfonamides is 1. The highest BCUT2D eigenvalue weighted by atomic mass is 32.2. The number of nitrogens with zero attached hydrogens (tertiary/aromatic N) is 2. The van der Waals surface area contributed by atoms with Crippen molar-refractivity contribution in [2.24, 2.45) is 0 Å². The van der Waals surface area contributed by atoms with Crippen LogP contribution in [0.4, 0.5) is 5.69 Å². The van der Waals surface area contributed by atoms with Crippen molar-refractivity contribution in [1.29, 1.82) is 0 Å². The Balaban J connectivity index is 1.70. The molecule has 3 rings (SSSR count). The molecule has 6 heteroatoms. The van der Waals surface area contributed by atoms with Crippen molar-refractivity contribution in [1.82, 2.24) is 10.2 Å². The first-order chi connectivity index (χ1) is 10.2. The molecule has 2 heterocycles. The van der Waals surface area contributed by atoms with E-state index in [0.717, 1.165) is 50.3 Å². The fraction of sp³-hybridized carbons (Fsp3) is 0.600. The summed E-state index contributed by atoms with van der Waals surface area (Å²) in [5.74, 6) is 0.210. The molecule has 21 heavy (non-hydrogen) atoms. The summed E-state index contributed by atoms with van der Waals surface area (Å²) in [5, 5.41) is 3.29. The molecule has 0 unspecified atom stereocenters. The molecule has 5 nitrogen and oxygen atoms in total. The van der Waals surface area contributed by atoms with E-state index in [9.17, 15) is 8.42 Å². The summed E-state index contributed by atoms with van der Waals surface area (Å²) in [6, 6.07) is 7.86. The van der Waals surface area contributed by atoms with Crippen molar-refractivity contribution in [3.63, 3.8) is 0 Å². The third-order valence-electron chi connectivity index (χ3n) is 4.28. The van der Waals surface area contributed by atoms with Gasteiger partial charge in [0.15, 0.2) is 0 Å². The van der Waals surface area contributed by atoms with Crippen LogP contribution in [0.2, 0.25) is 0 Å². The van der Waals surface area contributed by atoms with E-state index in [0.29, 0.717) is 13.1 Å². The minimum atomic E-state index is -3.22. The minimum absolute atomic E-state index is 0.210. The van der Waals surface area contributed by atoms with Gasteiger partial charge in [0.2, 0.25) is 10.0 Å². The van der Waals surface area contributed by atoms with E-state index in [1.807, 2.05) is 24.3 Å². The number of fused-ring (bicyclic) bond motifs is 1. The monoisotopic (exact) mass is 309 g/mol. The molecule has 2 aliphatic heterocycles. The Morgan fingerprint density at radius 1 is 1.10 bits per heavy atom. The van der Waals surface area contributed by atoms with Crippen molar-refractivity contribution in [2.75, 3.05) is 49.3 Å². The van der Waals surface area contributed by atoms with E-state index >= 15 is 0 Å². The fourth-order valence-electron chi connectivity index (χ4n) is 3.08. The second-order valence-electron chi connectivity index (χ2n) is 5.71. The van der Waals surface area contributed by atoms with Gasteiger partial charge in [-0.3, -0.25) is 9.21 Å². The average Bonchev–Trinajstić information content (AvgIpc) is 2.53. The zero-order valence-electron chi connectivity index (χ0n) is 12.3. The molecule has 1 aromatic rings. The topological polar surface area (TPSA) is 52.7 Å². The number of rotatable bonds is 4. The van der Waals surface area contributed by atoms with Gasteiger partial charge in [-0.15, -0.1) is 0 Å². The van der Waals surface area contributed by atoms with E-state index in [2.05, 4.69) is 10.2 Å². The fourth-order valence-corrected chi connectivity index (χ4v) is 4.67. The van der Waals surface area contributed by atoms with Gasteiger partial charge in [0.25, 0.3) is 0 Å². The predicted molar refractivity (Wildman–Crippen MR) is 85.2 cm³/mol. The standard InChI is InChI=1S/C15H23N3O2S/c19-21(20,13-12-17-10-7-16-8-11-17)18-9-3-5-14-4-1-2-6-15(14)18/h1-2,4,6,16H,3,5,7-13H2. The van der Waals surface area contributed by atoms with Crippen LogP contribution < -0.4 is 9.62 Å². The lowest BCUT2D eigenvalue weighted by molar-refractivity contribution is 0.254. The lowest BCUT2D eigenvalue weighted by atomic mass is 10.0. The molecule has 0 spiro atoms. The maximum absolute atomic E-state index is 12.7. The van der Waals surface area contributed by atoms with E-state index in [4.69, 9.17) is 0 Å². The summed E-state index contributed by atoms with van der Waals surface area (Å²) >= 11 is 0. The molecule has 0 saturated carbocycles. The van der Waals surface area contributed by atoms with Crippen LogP contribution in [0.3, 0.4) is 0 Å². The molecule has 0 amide bonds. The average molecular weight is 309 g/mol. The second-order valence-corrected chi connectivity index (χ2v) is 7.72. The predicted octanol–water partition coefficient (Wildman–Crippen LogP) is 0.674. The van der Waals surface area contributed by atoms with E-state index in [1.54, 1.807) is 4.31 Å². The summed E-state index contributed by atoms with van der Waals surface area (Å²) < 4.78 is 27.0. The number of piperazine rings is 1. The van der Waals surface area contributed by atoms with Gasteiger partial charge in [-0.05, 0) is 24.5 Å².